The zero-order valence-corrected chi connectivity index (χ0v) is 11.7. The predicted molar refractivity (Wildman–Crippen MR) is 74.6 cm³/mol. The van der Waals surface area contributed by atoms with Crippen LogP contribution >= 0.6 is 11.3 Å². The van der Waals surface area contributed by atoms with Crippen LogP contribution in [-0.4, -0.2) is 18.1 Å². The molecule has 1 saturated heterocycles. The van der Waals surface area contributed by atoms with Gasteiger partial charge in [-0.25, -0.2) is 4.98 Å². The third-order valence-corrected chi connectivity index (χ3v) is 4.48. The molecule has 1 aliphatic heterocycles. The molecular weight excluding hydrogens is 230 g/mol. The van der Waals surface area contributed by atoms with Gasteiger partial charge in [-0.05, 0) is 25.7 Å². The van der Waals surface area contributed by atoms with Gasteiger partial charge in [0.2, 0.25) is 0 Å². The molecule has 1 unspecified atom stereocenters. The maximum atomic E-state index is 5.84. The number of nitrogens with zero attached hydrogens (tertiary/aromatic N) is 2. The molecule has 2 rings (SSSR count). The van der Waals surface area contributed by atoms with Gasteiger partial charge in [-0.2, -0.15) is 0 Å². The van der Waals surface area contributed by atoms with Crippen molar-refractivity contribution >= 4 is 16.5 Å². The second-order valence-corrected chi connectivity index (χ2v) is 5.90. The van der Waals surface area contributed by atoms with Gasteiger partial charge in [0.05, 0.1) is 5.69 Å². The van der Waals surface area contributed by atoms with E-state index in [1.54, 1.807) is 11.3 Å². The van der Waals surface area contributed by atoms with E-state index in [2.05, 4.69) is 22.2 Å². The topological polar surface area (TPSA) is 42.2 Å². The van der Waals surface area contributed by atoms with Crippen molar-refractivity contribution in [3.8, 4) is 0 Å². The Labute approximate surface area is 108 Å². The summed E-state index contributed by atoms with van der Waals surface area (Å²) in [6.07, 6.45) is 5.34. The minimum Gasteiger partial charge on any atom is -0.348 e. The number of aromatic nitrogens is 1. The van der Waals surface area contributed by atoms with Gasteiger partial charge >= 0.3 is 0 Å². The monoisotopic (exact) mass is 253 g/mol. The van der Waals surface area contributed by atoms with Crippen LogP contribution in [-0.2, 0) is 0 Å². The first kappa shape index (κ1) is 12.8. The van der Waals surface area contributed by atoms with Crippen LogP contribution in [0, 0.1) is 5.92 Å². The van der Waals surface area contributed by atoms with Gasteiger partial charge < -0.3 is 10.6 Å². The first-order valence-corrected chi connectivity index (χ1v) is 7.54. The Morgan fingerprint density at radius 1 is 1.53 bits per heavy atom. The van der Waals surface area contributed by atoms with Crippen LogP contribution in [0.3, 0.4) is 0 Å². The van der Waals surface area contributed by atoms with Gasteiger partial charge in [-0.1, -0.05) is 19.8 Å². The number of hydrogen-bond donors (Lipinski definition) is 1. The third kappa shape index (κ3) is 3.19. The van der Waals surface area contributed by atoms with E-state index < -0.39 is 0 Å². The van der Waals surface area contributed by atoms with E-state index in [1.807, 2.05) is 6.92 Å². The average molecular weight is 253 g/mol. The number of anilines is 1. The Kier molecular flexibility index (Phi) is 4.40. The summed E-state index contributed by atoms with van der Waals surface area (Å²) in [6, 6.07) is 0.0534. The summed E-state index contributed by atoms with van der Waals surface area (Å²) in [4.78, 5) is 7.04. The molecule has 2 N–H and O–H groups in total. The number of piperidine rings is 1. The van der Waals surface area contributed by atoms with Gasteiger partial charge in [0.1, 0.15) is 0 Å². The molecule has 0 aromatic carbocycles. The van der Waals surface area contributed by atoms with Gasteiger partial charge in [0.25, 0.3) is 0 Å². The van der Waals surface area contributed by atoms with E-state index in [1.165, 1.54) is 25.7 Å². The summed E-state index contributed by atoms with van der Waals surface area (Å²) in [5, 5.41) is 3.25. The molecule has 96 valence electrons. The fourth-order valence-electron chi connectivity index (χ4n) is 2.45. The molecule has 0 bridgehead atoms. The normalized spacial score (nSPS) is 19.6. The molecule has 0 amide bonds. The lowest BCUT2D eigenvalue weighted by Gasteiger charge is -2.31. The van der Waals surface area contributed by atoms with E-state index in [0.717, 1.165) is 29.8 Å². The molecule has 0 aliphatic carbocycles. The summed E-state index contributed by atoms with van der Waals surface area (Å²) >= 11 is 1.73. The number of hydrogen-bond acceptors (Lipinski definition) is 4. The molecule has 1 aromatic rings. The van der Waals surface area contributed by atoms with E-state index in [-0.39, 0.29) is 6.04 Å². The van der Waals surface area contributed by atoms with E-state index in [0.29, 0.717) is 0 Å². The van der Waals surface area contributed by atoms with Crippen molar-refractivity contribution in [2.75, 3.05) is 18.0 Å². The summed E-state index contributed by atoms with van der Waals surface area (Å²) in [5.41, 5.74) is 6.87. The molecule has 17 heavy (non-hydrogen) atoms. The third-order valence-electron chi connectivity index (χ3n) is 3.56. The average Bonchev–Trinajstić information content (AvgIpc) is 2.80. The molecule has 1 fully saturated rings. The smallest absolute Gasteiger partial charge is 0.185 e. The SMILES string of the molecule is CCCC1CCN(c2nc(C(C)N)cs2)CC1. The molecule has 1 aromatic heterocycles. The largest absolute Gasteiger partial charge is 0.348 e. The zero-order chi connectivity index (χ0) is 12.3. The maximum absolute atomic E-state index is 5.84. The van der Waals surface area contributed by atoms with Crippen LogP contribution in [0.1, 0.15) is 51.3 Å². The van der Waals surface area contributed by atoms with Crippen LogP contribution in [0.4, 0.5) is 5.13 Å². The van der Waals surface area contributed by atoms with Crippen LogP contribution in [0.2, 0.25) is 0 Å². The van der Waals surface area contributed by atoms with Crippen LogP contribution in [0.25, 0.3) is 0 Å². The van der Waals surface area contributed by atoms with Crippen LogP contribution < -0.4 is 10.6 Å². The van der Waals surface area contributed by atoms with E-state index in [4.69, 9.17) is 5.73 Å². The minimum atomic E-state index is 0.0534. The molecule has 4 heteroatoms. The predicted octanol–water partition coefficient (Wildman–Crippen LogP) is 3.18. The molecule has 0 spiro atoms. The Hall–Kier alpha value is -0.610. The number of thiazole rings is 1. The van der Waals surface area contributed by atoms with Crippen molar-refractivity contribution in [3.05, 3.63) is 11.1 Å². The molecular formula is C13H23N3S. The highest BCUT2D eigenvalue weighted by Crippen LogP contribution is 2.29. The van der Waals surface area contributed by atoms with E-state index >= 15 is 0 Å². The molecule has 0 radical (unpaired) electrons. The Bertz CT molecular complexity index is 340. The van der Waals surface area contributed by atoms with Crippen molar-refractivity contribution in [2.24, 2.45) is 11.7 Å². The molecule has 1 aliphatic rings. The number of nitrogens with two attached hydrogens (primary N) is 1. The minimum absolute atomic E-state index is 0.0534. The lowest BCUT2D eigenvalue weighted by Crippen LogP contribution is -2.33. The van der Waals surface area contributed by atoms with Gasteiger partial charge in [-0.15, -0.1) is 11.3 Å². The lowest BCUT2D eigenvalue weighted by molar-refractivity contribution is 0.378. The zero-order valence-electron chi connectivity index (χ0n) is 10.9. The van der Waals surface area contributed by atoms with E-state index in [9.17, 15) is 0 Å². The second kappa shape index (κ2) is 5.83. The van der Waals surface area contributed by atoms with Gasteiger partial charge in [0.15, 0.2) is 5.13 Å². The maximum Gasteiger partial charge on any atom is 0.185 e. The first-order valence-electron chi connectivity index (χ1n) is 6.66. The summed E-state index contributed by atoms with van der Waals surface area (Å²) < 4.78 is 0. The Morgan fingerprint density at radius 2 is 2.24 bits per heavy atom. The Balaban J connectivity index is 1.91. The van der Waals surface area contributed by atoms with Crippen molar-refractivity contribution in [3.63, 3.8) is 0 Å². The van der Waals surface area contributed by atoms with Crippen molar-refractivity contribution in [1.29, 1.82) is 0 Å². The summed E-state index contributed by atoms with van der Waals surface area (Å²) in [6.45, 7) is 6.60. The van der Waals surface area contributed by atoms with Crippen molar-refractivity contribution in [2.45, 2.75) is 45.6 Å². The fraction of sp³-hybridized carbons (Fsp3) is 0.769. The second-order valence-electron chi connectivity index (χ2n) is 5.06. The summed E-state index contributed by atoms with van der Waals surface area (Å²) in [5.74, 6) is 0.934. The highest BCUT2D eigenvalue weighted by Gasteiger charge is 2.20. The first-order chi connectivity index (χ1) is 8.20. The molecule has 0 saturated carbocycles. The molecule has 1 atom stereocenters. The number of rotatable bonds is 4. The van der Waals surface area contributed by atoms with Gasteiger partial charge in [0, 0.05) is 24.5 Å². The quantitative estimate of drug-likeness (QED) is 0.896. The highest BCUT2D eigenvalue weighted by molar-refractivity contribution is 7.13. The Morgan fingerprint density at radius 3 is 2.76 bits per heavy atom. The van der Waals surface area contributed by atoms with Crippen molar-refractivity contribution < 1.29 is 0 Å². The van der Waals surface area contributed by atoms with Crippen LogP contribution in [0.15, 0.2) is 5.38 Å². The summed E-state index contributed by atoms with van der Waals surface area (Å²) in [7, 11) is 0. The molecule has 2 heterocycles. The highest BCUT2D eigenvalue weighted by atomic mass is 32.1. The standard InChI is InChI=1S/C13H23N3S/c1-3-4-11-5-7-16(8-6-11)13-15-12(9-17-13)10(2)14/h9-11H,3-8,14H2,1-2H3. The van der Waals surface area contributed by atoms with Crippen molar-refractivity contribution in [1.82, 2.24) is 4.98 Å². The lowest BCUT2D eigenvalue weighted by atomic mass is 9.93. The molecule has 3 nitrogen and oxygen atoms in total. The fourth-order valence-corrected chi connectivity index (χ4v) is 3.44. The van der Waals surface area contributed by atoms with Crippen LogP contribution in [0.5, 0.6) is 0 Å². The van der Waals surface area contributed by atoms with Gasteiger partial charge in [-0.3, -0.25) is 0 Å².